The highest BCUT2D eigenvalue weighted by molar-refractivity contribution is 8.02. The standard InChI is InChI=1S/C31H37N5O4S/c1-7-23-27(25(19-32)29(41-6)33-28(23)21-10-8-20(2)9-11-21)24-13-12-22(18-26(24)36(38)39)34-14-16-35(17-15-34)30(37)40-31(3,4)5/h8-13,18,27,33H,7,14-17H2,1-6H3. The first kappa shape index (κ1) is 30.0. The van der Waals surface area contributed by atoms with E-state index in [1.165, 1.54) is 11.8 Å². The number of amides is 1. The van der Waals surface area contributed by atoms with E-state index in [1.54, 1.807) is 17.0 Å². The van der Waals surface area contributed by atoms with Gasteiger partial charge in [0.1, 0.15) is 5.60 Å². The minimum atomic E-state index is -0.572. The zero-order valence-corrected chi connectivity index (χ0v) is 25.3. The number of hydrogen-bond donors (Lipinski definition) is 1. The summed E-state index contributed by atoms with van der Waals surface area (Å²) in [4.78, 5) is 28.3. The van der Waals surface area contributed by atoms with Gasteiger partial charge in [-0.2, -0.15) is 5.26 Å². The van der Waals surface area contributed by atoms with Gasteiger partial charge < -0.3 is 19.9 Å². The summed E-state index contributed by atoms with van der Waals surface area (Å²) in [6, 6.07) is 15.8. The maximum atomic E-state index is 12.5. The van der Waals surface area contributed by atoms with Crippen molar-refractivity contribution >= 4 is 34.9 Å². The molecule has 1 N–H and O–H groups in total. The number of nitro benzene ring substituents is 1. The monoisotopic (exact) mass is 575 g/mol. The Labute approximate surface area is 246 Å². The summed E-state index contributed by atoms with van der Waals surface area (Å²) in [5.74, 6) is -0.552. The number of carbonyl (C=O) groups is 1. The number of rotatable bonds is 6. The zero-order chi connectivity index (χ0) is 29.9. The van der Waals surface area contributed by atoms with E-state index < -0.39 is 11.5 Å². The summed E-state index contributed by atoms with van der Waals surface area (Å²) in [7, 11) is 0. The Bertz CT molecular complexity index is 1430. The Kier molecular flexibility index (Phi) is 8.98. The largest absolute Gasteiger partial charge is 0.444 e. The van der Waals surface area contributed by atoms with E-state index in [9.17, 15) is 20.2 Å². The maximum Gasteiger partial charge on any atom is 0.410 e. The predicted octanol–water partition coefficient (Wildman–Crippen LogP) is 6.57. The molecule has 2 aliphatic heterocycles. The average molecular weight is 576 g/mol. The lowest BCUT2D eigenvalue weighted by Gasteiger charge is -2.37. The molecule has 0 radical (unpaired) electrons. The summed E-state index contributed by atoms with van der Waals surface area (Å²) in [6.07, 6.45) is 2.15. The molecule has 4 rings (SSSR count). The van der Waals surface area contributed by atoms with Crippen molar-refractivity contribution in [3.05, 3.63) is 85.4 Å². The van der Waals surface area contributed by atoms with Crippen molar-refractivity contribution < 1.29 is 14.5 Å². The van der Waals surface area contributed by atoms with Crippen LogP contribution in [0.3, 0.4) is 0 Å². The summed E-state index contributed by atoms with van der Waals surface area (Å²) in [6.45, 7) is 11.5. The molecule has 2 aromatic rings. The number of allylic oxidation sites excluding steroid dienone is 2. The lowest BCUT2D eigenvalue weighted by molar-refractivity contribution is -0.385. The molecule has 1 amide bonds. The van der Waals surface area contributed by atoms with E-state index in [1.807, 2.05) is 76.1 Å². The highest BCUT2D eigenvalue weighted by Gasteiger charge is 2.36. The Morgan fingerprint density at radius 2 is 1.83 bits per heavy atom. The van der Waals surface area contributed by atoms with Crippen molar-refractivity contribution in [2.75, 3.05) is 37.3 Å². The molecule has 1 saturated heterocycles. The minimum Gasteiger partial charge on any atom is -0.444 e. The van der Waals surface area contributed by atoms with Crippen molar-refractivity contribution in [3.8, 4) is 6.07 Å². The second-order valence-corrected chi connectivity index (χ2v) is 12.0. The maximum absolute atomic E-state index is 12.5. The molecular weight excluding hydrogens is 538 g/mol. The number of dihydropyridines is 1. The first-order chi connectivity index (χ1) is 19.5. The molecule has 0 bridgehead atoms. The third kappa shape index (κ3) is 6.51. The first-order valence-electron chi connectivity index (χ1n) is 13.7. The van der Waals surface area contributed by atoms with E-state index in [0.717, 1.165) is 22.4 Å². The predicted molar refractivity (Wildman–Crippen MR) is 164 cm³/mol. The van der Waals surface area contributed by atoms with Crippen LogP contribution >= 0.6 is 11.8 Å². The third-order valence-electron chi connectivity index (χ3n) is 7.31. The molecule has 216 valence electrons. The summed E-state index contributed by atoms with van der Waals surface area (Å²) in [5, 5.41) is 26.9. The number of thioether (sulfide) groups is 1. The van der Waals surface area contributed by atoms with Gasteiger partial charge in [-0.05, 0) is 63.6 Å². The highest BCUT2D eigenvalue weighted by atomic mass is 32.2. The number of nitriles is 1. The molecule has 2 aliphatic rings. The zero-order valence-electron chi connectivity index (χ0n) is 24.5. The van der Waals surface area contributed by atoms with Crippen LogP contribution in [0.1, 0.15) is 56.7 Å². The lowest BCUT2D eigenvalue weighted by Crippen LogP contribution is -2.50. The molecule has 1 fully saturated rings. The van der Waals surface area contributed by atoms with E-state index in [0.29, 0.717) is 54.5 Å². The van der Waals surface area contributed by atoms with Crippen LogP contribution in [0.25, 0.3) is 5.70 Å². The molecule has 9 nitrogen and oxygen atoms in total. The van der Waals surface area contributed by atoms with Crippen molar-refractivity contribution in [2.45, 2.75) is 52.6 Å². The number of aryl methyl sites for hydroxylation is 1. The number of piperazine rings is 1. The SMILES string of the molecule is CCC1=C(c2ccc(C)cc2)NC(SC)=C(C#N)C1c1ccc(N2CCN(C(=O)OC(C)(C)C)CC2)cc1[N+](=O)[O-]. The van der Waals surface area contributed by atoms with Gasteiger partial charge in [-0.3, -0.25) is 10.1 Å². The quantitative estimate of drug-likeness (QED) is 0.304. The summed E-state index contributed by atoms with van der Waals surface area (Å²) >= 11 is 1.43. The fourth-order valence-electron chi connectivity index (χ4n) is 5.29. The van der Waals surface area contributed by atoms with Crippen molar-refractivity contribution in [3.63, 3.8) is 0 Å². The van der Waals surface area contributed by atoms with E-state index in [4.69, 9.17) is 4.74 Å². The van der Waals surface area contributed by atoms with Crippen LogP contribution in [0.15, 0.2) is 58.6 Å². The topological polar surface area (TPSA) is 112 Å². The van der Waals surface area contributed by atoms with Crippen LogP contribution in [-0.2, 0) is 4.74 Å². The number of nitro groups is 1. The molecule has 0 spiro atoms. The fraction of sp³-hybridized carbons (Fsp3) is 0.419. The third-order valence-corrected chi connectivity index (χ3v) is 8.04. The molecular formula is C31H37N5O4S. The van der Waals surface area contributed by atoms with E-state index in [-0.39, 0.29) is 16.7 Å². The molecule has 41 heavy (non-hydrogen) atoms. The Balaban J connectivity index is 1.71. The van der Waals surface area contributed by atoms with Gasteiger partial charge in [-0.25, -0.2) is 4.79 Å². The van der Waals surface area contributed by atoms with Gasteiger partial charge in [0.25, 0.3) is 5.69 Å². The van der Waals surface area contributed by atoms with Crippen molar-refractivity contribution in [1.29, 1.82) is 5.26 Å². The minimum absolute atomic E-state index is 0.0219. The molecule has 10 heteroatoms. The molecule has 2 heterocycles. The second kappa shape index (κ2) is 12.3. The van der Waals surface area contributed by atoms with Crippen LogP contribution in [0.5, 0.6) is 0 Å². The summed E-state index contributed by atoms with van der Waals surface area (Å²) in [5.41, 5.74) is 5.03. The summed E-state index contributed by atoms with van der Waals surface area (Å²) < 4.78 is 5.49. The fourth-order valence-corrected chi connectivity index (χ4v) is 5.88. The number of ether oxygens (including phenoxy) is 1. The highest BCUT2D eigenvalue weighted by Crippen LogP contribution is 2.47. The van der Waals surface area contributed by atoms with Gasteiger partial charge >= 0.3 is 6.09 Å². The normalized spacial score (nSPS) is 17.7. The van der Waals surface area contributed by atoms with E-state index >= 15 is 0 Å². The van der Waals surface area contributed by atoms with Crippen LogP contribution in [-0.4, -0.2) is 54.0 Å². The number of anilines is 1. The Morgan fingerprint density at radius 1 is 1.17 bits per heavy atom. The second-order valence-electron chi connectivity index (χ2n) is 11.2. The molecule has 0 aliphatic carbocycles. The molecule has 1 atom stereocenters. The van der Waals surface area contributed by atoms with Crippen molar-refractivity contribution in [2.24, 2.45) is 0 Å². The molecule has 0 aromatic heterocycles. The van der Waals surface area contributed by atoms with Crippen molar-refractivity contribution in [1.82, 2.24) is 10.2 Å². The van der Waals surface area contributed by atoms with Crippen LogP contribution in [0, 0.1) is 28.4 Å². The van der Waals surface area contributed by atoms with Gasteiger partial charge in [-0.1, -0.05) is 36.8 Å². The molecule has 0 saturated carbocycles. The van der Waals surface area contributed by atoms with Gasteiger partial charge in [0.05, 0.1) is 27.5 Å². The van der Waals surface area contributed by atoms with Gasteiger partial charge in [-0.15, -0.1) is 11.8 Å². The lowest BCUT2D eigenvalue weighted by atomic mass is 9.79. The number of carbonyl (C=O) groups excluding carboxylic acids is 1. The molecule has 2 aromatic carbocycles. The van der Waals surface area contributed by atoms with Crippen LogP contribution in [0.4, 0.5) is 16.2 Å². The van der Waals surface area contributed by atoms with E-state index in [2.05, 4.69) is 11.4 Å². The Hall–Kier alpha value is -3.97. The Morgan fingerprint density at radius 3 is 2.37 bits per heavy atom. The van der Waals surface area contributed by atoms with Gasteiger partial charge in [0.2, 0.25) is 0 Å². The number of nitrogens with zero attached hydrogens (tertiary/aromatic N) is 4. The number of nitrogens with one attached hydrogen (secondary N) is 1. The van der Waals surface area contributed by atoms with Gasteiger partial charge in [0.15, 0.2) is 0 Å². The van der Waals surface area contributed by atoms with Crippen LogP contribution in [0.2, 0.25) is 0 Å². The first-order valence-corrected chi connectivity index (χ1v) is 15.0. The van der Waals surface area contributed by atoms with Crippen LogP contribution < -0.4 is 10.2 Å². The van der Waals surface area contributed by atoms with Gasteiger partial charge in [0, 0.05) is 49.2 Å². The molecule has 1 unspecified atom stereocenters. The smallest absolute Gasteiger partial charge is 0.410 e. The number of hydrogen-bond acceptors (Lipinski definition) is 8. The average Bonchev–Trinajstić information content (AvgIpc) is 2.95. The number of benzene rings is 2.